The van der Waals surface area contributed by atoms with Gasteiger partial charge < -0.3 is 19.5 Å². The minimum atomic E-state index is -1.69. The highest BCUT2D eigenvalue weighted by Crippen LogP contribution is 2.33. The normalized spacial score (nSPS) is 23.1. The van der Waals surface area contributed by atoms with E-state index in [0.717, 1.165) is 7.11 Å². The Kier molecular flexibility index (Phi) is 4.07. The van der Waals surface area contributed by atoms with Crippen LogP contribution >= 0.6 is 0 Å². The summed E-state index contributed by atoms with van der Waals surface area (Å²) in [6.07, 6.45) is -0.603. The predicted octanol–water partition coefficient (Wildman–Crippen LogP) is 0.871. The molecule has 0 spiro atoms. The van der Waals surface area contributed by atoms with Gasteiger partial charge in [0.25, 0.3) is 0 Å². The molecule has 1 atom stereocenters. The number of amides is 1. The number of rotatable bonds is 2. The van der Waals surface area contributed by atoms with Crippen LogP contribution in [0.2, 0.25) is 0 Å². The lowest BCUT2D eigenvalue weighted by atomic mass is 9.87. The van der Waals surface area contributed by atoms with Gasteiger partial charge in [0, 0.05) is 6.54 Å². The van der Waals surface area contributed by atoms with Crippen molar-refractivity contribution >= 4 is 18.0 Å². The summed E-state index contributed by atoms with van der Waals surface area (Å²) in [5, 5.41) is 9.22. The molecule has 1 fully saturated rings. The first kappa shape index (κ1) is 15.3. The van der Waals surface area contributed by atoms with Gasteiger partial charge in [-0.25, -0.2) is 4.79 Å². The fourth-order valence-electron chi connectivity index (χ4n) is 1.92. The van der Waals surface area contributed by atoms with Crippen LogP contribution in [-0.2, 0) is 19.1 Å². The molecule has 0 bridgehead atoms. The van der Waals surface area contributed by atoms with Crippen LogP contribution in [0.5, 0.6) is 0 Å². The summed E-state index contributed by atoms with van der Waals surface area (Å²) in [7, 11) is 1.13. The van der Waals surface area contributed by atoms with E-state index < -0.39 is 29.0 Å². The van der Waals surface area contributed by atoms with Crippen LogP contribution in [0.25, 0.3) is 0 Å². The molecule has 19 heavy (non-hydrogen) atoms. The predicted molar refractivity (Wildman–Crippen MR) is 64.5 cm³/mol. The first-order chi connectivity index (χ1) is 8.62. The third-order valence-corrected chi connectivity index (χ3v) is 2.91. The molecule has 7 heteroatoms. The number of hydrogen-bond acceptors (Lipinski definition) is 5. The van der Waals surface area contributed by atoms with Gasteiger partial charge in [-0.15, -0.1) is 0 Å². The smallest absolute Gasteiger partial charge is 0.410 e. The maximum Gasteiger partial charge on any atom is 0.410 e. The average molecular weight is 273 g/mol. The standard InChI is InChI=1S/C12H19NO6/c1-11(2,3)19-10(17)13-6-5-12(7-13,8(14)15)9(16)18-4/h5-7H2,1-4H3,(H,14,15). The van der Waals surface area contributed by atoms with Crippen LogP contribution in [0.1, 0.15) is 27.2 Å². The largest absolute Gasteiger partial charge is 0.480 e. The topological polar surface area (TPSA) is 93.1 Å². The van der Waals surface area contributed by atoms with E-state index in [9.17, 15) is 19.5 Å². The minimum absolute atomic E-state index is 0.0221. The molecule has 108 valence electrons. The maximum absolute atomic E-state index is 11.8. The van der Waals surface area contributed by atoms with Crippen molar-refractivity contribution in [2.75, 3.05) is 20.2 Å². The second-order valence-corrected chi connectivity index (χ2v) is 5.53. The molecule has 1 aliphatic heterocycles. The van der Waals surface area contributed by atoms with Gasteiger partial charge in [-0.1, -0.05) is 0 Å². The molecule has 0 aromatic carbocycles. The van der Waals surface area contributed by atoms with Gasteiger partial charge in [-0.2, -0.15) is 0 Å². The highest BCUT2D eigenvalue weighted by molar-refractivity contribution is 6.00. The Balaban J connectivity index is 2.83. The highest BCUT2D eigenvalue weighted by atomic mass is 16.6. The lowest BCUT2D eigenvalue weighted by molar-refractivity contribution is -0.165. The van der Waals surface area contributed by atoms with Gasteiger partial charge in [0.2, 0.25) is 0 Å². The quantitative estimate of drug-likeness (QED) is 0.592. The van der Waals surface area contributed by atoms with Gasteiger partial charge >= 0.3 is 18.0 Å². The van der Waals surface area contributed by atoms with E-state index >= 15 is 0 Å². The molecule has 0 aliphatic carbocycles. The number of ether oxygens (including phenoxy) is 2. The van der Waals surface area contributed by atoms with Gasteiger partial charge in [0.05, 0.1) is 13.7 Å². The molecule has 1 heterocycles. The van der Waals surface area contributed by atoms with Crippen molar-refractivity contribution in [1.29, 1.82) is 0 Å². The number of aliphatic carboxylic acids is 1. The number of hydrogen-bond donors (Lipinski definition) is 1. The Morgan fingerprint density at radius 3 is 2.26 bits per heavy atom. The first-order valence-corrected chi connectivity index (χ1v) is 5.92. The molecule has 1 unspecified atom stereocenters. The molecular weight excluding hydrogens is 254 g/mol. The molecule has 1 saturated heterocycles. The number of nitrogens with zero attached hydrogens (tertiary/aromatic N) is 1. The number of carbonyl (C=O) groups is 3. The number of likely N-dealkylation sites (tertiary alicyclic amines) is 1. The molecule has 0 aromatic rings. The molecule has 1 amide bonds. The van der Waals surface area contributed by atoms with Crippen LogP contribution in [0.3, 0.4) is 0 Å². The van der Waals surface area contributed by atoms with E-state index in [-0.39, 0.29) is 19.5 Å². The second kappa shape index (κ2) is 5.07. The Morgan fingerprint density at radius 2 is 1.84 bits per heavy atom. The lowest BCUT2D eigenvalue weighted by Crippen LogP contribution is -2.44. The zero-order valence-corrected chi connectivity index (χ0v) is 11.6. The van der Waals surface area contributed by atoms with Gasteiger partial charge in [-0.05, 0) is 27.2 Å². The van der Waals surface area contributed by atoms with E-state index in [0.29, 0.717) is 0 Å². The van der Waals surface area contributed by atoms with Crippen molar-refractivity contribution in [3.63, 3.8) is 0 Å². The maximum atomic E-state index is 11.8. The van der Waals surface area contributed by atoms with E-state index in [1.54, 1.807) is 20.8 Å². The van der Waals surface area contributed by atoms with Crippen molar-refractivity contribution in [3.8, 4) is 0 Å². The molecular formula is C12H19NO6. The SMILES string of the molecule is COC(=O)C1(C(=O)O)CCN(C(=O)OC(C)(C)C)C1. The molecule has 0 radical (unpaired) electrons. The number of methoxy groups -OCH3 is 1. The Morgan fingerprint density at radius 1 is 1.26 bits per heavy atom. The van der Waals surface area contributed by atoms with Crippen molar-refractivity contribution < 1.29 is 29.0 Å². The first-order valence-electron chi connectivity index (χ1n) is 5.92. The molecule has 0 saturated carbocycles. The summed E-state index contributed by atoms with van der Waals surface area (Å²) >= 11 is 0. The van der Waals surface area contributed by atoms with E-state index in [1.165, 1.54) is 4.90 Å². The third kappa shape index (κ3) is 3.15. The fourth-order valence-corrected chi connectivity index (χ4v) is 1.92. The summed E-state index contributed by atoms with van der Waals surface area (Å²) in [5.74, 6) is -2.13. The summed E-state index contributed by atoms with van der Waals surface area (Å²) in [6, 6.07) is 0. The zero-order valence-electron chi connectivity index (χ0n) is 11.6. The Labute approximate surface area is 111 Å². The third-order valence-electron chi connectivity index (χ3n) is 2.91. The lowest BCUT2D eigenvalue weighted by Gasteiger charge is -2.25. The van der Waals surface area contributed by atoms with Crippen LogP contribution in [0, 0.1) is 5.41 Å². The van der Waals surface area contributed by atoms with Crippen molar-refractivity contribution in [3.05, 3.63) is 0 Å². The monoisotopic (exact) mass is 273 g/mol. The van der Waals surface area contributed by atoms with Crippen LogP contribution in [-0.4, -0.2) is 53.8 Å². The van der Waals surface area contributed by atoms with E-state index in [2.05, 4.69) is 4.74 Å². The zero-order chi connectivity index (χ0) is 14.8. The molecule has 1 N–H and O–H groups in total. The van der Waals surface area contributed by atoms with Crippen molar-refractivity contribution in [2.24, 2.45) is 5.41 Å². The molecule has 1 rings (SSSR count). The fraction of sp³-hybridized carbons (Fsp3) is 0.750. The van der Waals surface area contributed by atoms with Gasteiger partial charge in [0.1, 0.15) is 5.60 Å². The number of carbonyl (C=O) groups excluding carboxylic acids is 2. The van der Waals surface area contributed by atoms with E-state index in [1.807, 2.05) is 0 Å². The molecule has 0 aromatic heterocycles. The van der Waals surface area contributed by atoms with E-state index in [4.69, 9.17) is 4.74 Å². The molecule has 1 aliphatic rings. The summed E-state index contributed by atoms with van der Waals surface area (Å²) in [4.78, 5) is 36.0. The van der Waals surface area contributed by atoms with Crippen molar-refractivity contribution in [1.82, 2.24) is 4.90 Å². The number of carboxylic acid groups (broad SMARTS) is 1. The number of carboxylic acids is 1. The Bertz CT molecular complexity index is 400. The van der Waals surface area contributed by atoms with Crippen LogP contribution in [0.4, 0.5) is 4.79 Å². The summed E-state index contributed by atoms with van der Waals surface area (Å²) in [6.45, 7) is 5.06. The average Bonchev–Trinajstić information content (AvgIpc) is 2.71. The van der Waals surface area contributed by atoms with Crippen LogP contribution in [0.15, 0.2) is 0 Å². The van der Waals surface area contributed by atoms with Crippen molar-refractivity contribution in [2.45, 2.75) is 32.8 Å². The highest BCUT2D eigenvalue weighted by Gasteiger charge is 2.54. The van der Waals surface area contributed by atoms with Gasteiger partial charge in [0.15, 0.2) is 5.41 Å². The van der Waals surface area contributed by atoms with Gasteiger partial charge in [-0.3, -0.25) is 9.59 Å². The minimum Gasteiger partial charge on any atom is -0.480 e. The second-order valence-electron chi connectivity index (χ2n) is 5.53. The summed E-state index contributed by atoms with van der Waals surface area (Å²) in [5.41, 5.74) is -2.36. The molecule has 7 nitrogen and oxygen atoms in total. The number of esters is 1. The summed E-state index contributed by atoms with van der Waals surface area (Å²) < 4.78 is 9.68. The van der Waals surface area contributed by atoms with Crippen LogP contribution < -0.4 is 0 Å². The Hall–Kier alpha value is -1.79.